The maximum Gasteiger partial charge on any atom is 0.240 e. The Balaban J connectivity index is 2.01. The largest absolute Gasteiger partial charge is 0.494 e. The average molecular weight is 337 g/mol. The molecular weight excluding hydrogens is 314 g/mol. The van der Waals surface area contributed by atoms with E-state index in [4.69, 9.17) is 4.74 Å². The first-order chi connectivity index (χ1) is 10.8. The van der Waals surface area contributed by atoms with Gasteiger partial charge in [0.25, 0.3) is 0 Å². The molecule has 2 rings (SSSR count). The second-order valence-corrected chi connectivity index (χ2v) is 7.09. The van der Waals surface area contributed by atoms with Gasteiger partial charge in [-0.1, -0.05) is 0 Å². The smallest absolute Gasteiger partial charge is 0.240 e. The molecule has 1 aromatic carbocycles. The Labute approximate surface area is 137 Å². The van der Waals surface area contributed by atoms with E-state index in [0.717, 1.165) is 17.0 Å². The van der Waals surface area contributed by atoms with E-state index in [-0.39, 0.29) is 4.90 Å². The van der Waals surface area contributed by atoms with E-state index in [1.54, 1.807) is 24.3 Å². The third kappa shape index (κ3) is 4.11. The lowest BCUT2D eigenvalue weighted by Gasteiger charge is -2.08. The summed E-state index contributed by atoms with van der Waals surface area (Å²) in [5.41, 5.74) is 3.08. The molecule has 2 aromatic rings. The maximum atomic E-state index is 12.3. The summed E-state index contributed by atoms with van der Waals surface area (Å²) in [4.78, 5) is 0.237. The van der Waals surface area contributed by atoms with Crippen LogP contribution in [0.25, 0.3) is 0 Å². The summed E-state index contributed by atoms with van der Waals surface area (Å²) in [6.07, 6.45) is 0.613. The summed E-state index contributed by atoms with van der Waals surface area (Å²) in [5.74, 6) is 0.660. The van der Waals surface area contributed by atoms with Gasteiger partial charge in [-0.05, 0) is 57.0 Å². The predicted octanol–water partition coefficient (Wildman–Crippen LogP) is 1.96. The highest BCUT2D eigenvalue weighted by molar-refractivity contribution is 7.89. The van der Waals surface area contributed by atoms with Crippen LogP contribution in [0.1, 0.15) is 23.9 Å². The topological polar surface area (TPSA) is 73.2 Å². The van der Waals surface area contributed by atoms with Gasteiger partial charge in [0, 0.05) is 19.3 Å². The molecule has 0 spiro atoms. The lowest BCUT2D eigenvalue weighted by atomic mass is 10.1. The van der Waals surface area contributed by atoms with Crippen molar-refractivity contribution >= 4 is 10.0 Å². The van der Waals surface area contributed by atoms with Crippen LogP contribution in [0.4, 0.5) is 0 Å². The molecule has 0 bridgehead atoms. The molecule has 6 nitrogen and oxygen atoms in total. The Bertz CT molecular complexity index is 765. The summed E-state index contributed by atoms with van der Waals surface area (Å²) in [5, 5.41) is 4.34. The minimum atomic E-state index is -3.51. The zero-order valence-corrected chi connectivity index (χ0v) is 14.8. The fraction of sp³-hybridized carbons (Fsp3) is 0.438. The Hall–Kier alpha value is -1.86. The summed E-state index contributed by atoms with van der Waals surface area (Å²) in [7, 11) is -1.63. The van der Waals surface area contributed by atoms with Crippen molar-refractivity contribution in [2.75, 3.05) is 13.2 Å². The van der Waals surface area contributed by atoms with Crippen LogP contribution < -0.4 is 9.46 Å². The first-order valence-electron chi connectivity index (χ1n) is 7.56. The SMILES string of the molecule is CCOc1ccc(S(=O)(=O)NCCc2c(C)nn(C)c2C)cc1. The van der Waals surface area contributed by atoms with Gasteiger partial charge in [-0.2, -0.15) is 5.10 Å². The minimum absolute atomic E-state index is 0.237. The van der Waals surface area contributed by atoms with Gasteiger partial charge < -0.3 is 4.74 Å². The van der Waals surface area contributed by atoms with Crippen LogP contribution in [0, 0.1) is 13.8 Å². The molecule has 0 saturated carbocycles. The third-order valence-electron chi connectivity index (χ3n) is 3.77. The van der Waals surface area contributed by atoms with E-state index in [2.05, 4.69) is 9.82 Å². The molecule has 0 atom stereocenters. The van der Waals surface area contributed by atoms with Crippen LogP contribution >= 0.6 is 0 Å². The zero-order valence-electron chi connectivity index (χ0n) is 14.0. The highest BCUT2D eigenvalue weighted by atomic mass is 32.2. The van der Waals surface area contributed by atoms with E-state index in [9.17, 15) is 8.42 Å². The van der Waals surface area contributed by atoms with Gasteiger partial charge in [0.15, 0.2) is 0 Å². The molecule has 1 N–H and O–H groups in total. The van der Waals surface area contributed by atoms with Gasteiger partial charge in [0.05, 0.1) is 17.2 Å². The van der Waals surface area contributed by atoms with Gasteiger partial charge in [0.2, 0.25) is 10.0 Å². The number of aryl methyl sites for hydroxylation is 2. The van der Waals surface area contributed by atoms with Crippen molar-refractivity contribution in [2.45, 2.75) is 32.1 Å². The van der Waals surface area contributed by atoms with Crippen LogP contribution in [-0.4, -0.2) is 31.3 Å². The summed E-state index contributed by atoms with van der Waals surface area (Å²) >= 11 is 0. The predicted molar refractivity (Wildman–Crippen MR) is 89.2 cm³/mol. The van der Waals surface area contributed by atoms with Crippen LogP contribution in [0.5, 0.6) is 5.75 Å². The molecule has 1 aromatic heterocycles. The molecule has 0 aliphatic rings. The number of nitrogens with zero attached hydrogens (tertiary/aromatic N) is 2. The normalized spacial score (nSPS) is 11.7. The Morgan fingerprint density at radius 2 is 1.87 bits per heavy atom. The van der Waals surface area contributed by atoms with Crippen LogP contribution in [0.2, 0.25) is 0 Å². The van der Waals surface area contributed by atoms with Crippen molar-refractivity contribution in [1.82, 2.24) is 14.5 Å². The fourth-order valence-corrected chi connectivity index (χ4v) is 3.49. The van der Waals surface area contributed by atoms with Crippen molar-refractivity contribution in [3.05, 3.63) is 41.2 Å². The maximum absolute atomic E-state index is 12.3. The summed E-state index contributed by atoms with van der Waals surface area (Å²) in [6, 6.07) is 6.42. The quantitative estimate of drug-likeness (QED) is 0.838. The Kier molecular flexibility index (Phi) is 5.43. The molecule has 0 aliphatic heterocycles. The molecular formula is C16H23N3O3S. The molecule has 23 heavy (non-hydrogen) atoms. The highest BCUT2D eigenvalue weighted by Gasteiger charge is 2.15. The number of hydrogen-bond donors (Lipinski definition) is 1. The van der Waals surface area contributed by atoms with E-state index in [1.807, 2.05) is 32.5 Å². The van der Waals surface area contributed by atoms with E-state index >= 15 is 0 Å². The molecule has 0 radical (unpaired) electrons. The lowest BCUT2D eigenvalue weighted by Crippen LogP contribution is -2.26. The van der Waals surface area contributed by atoms with Gasteiger partial charge in [-0.25, -0.2) is 13.1 Å². The number of hydrogen-bond acceptors (Lipinski definition) is 4. The molecule has 0 amide bonds. The van der Waals surface area contributed by atoms with Gasteiger partial charge in [0.1, 0.15) is 5.75 Å². The van der Waals surface area contributed by atoms with Crippen molar-refractivity contribution in [2.24, 2.45) is 7.05 Å². The van der Waals surface area contributed by atoms with Gasteiger partial charge in [-0.3, -0.25) is 4.68 Å². The van der Waals surface area contributed by atoms with Crippen LogP contribution in [-0.2, 0) is 23.5 Å². The second kappa shape index (κ2) is 7.14. The van der Waals surface area contributed by atoms with Crippen LogP contribution in [0.3, 0.4) is 0 Å². The molecule has 0 saturated heterocycles. The second-order valence-electron chi connectivity index (χ2n) is 5.33. The number of nitrogens with one attached hydrogen (secondary N) is 1. The first-order valence-corrected chi connectivity index (χ1v) is 9.05. The van der Waals surface area contributed by atoms with Gasteiger partial charge >= 0.3 is 0 Å². The molecule has 126 valence electrons. The molecule has 0 aliphatic carbocycles. The number of rotatable bonds is 7. The van der Waals surface area contributed by atoms with Crippen molar-refractivity contribution < 1.29 is 13.2 Å². The number of sulfonamides is 1. The fourth-order valence-electron chi connectivity index (χ4n) is 2.45. The standard InChI is InChI=1S/C16H23N3O3S/c1-5-22-14-6-8-15(9-7-14)23(20,21)17-11-10-16-12(2)18-19(4)13(16)3/h6-9,17H,5,10-11H2,1-4H3. The van der Waals surface area contributed by atoms with Crippen molar-refractivity contribution in [3.8, 4) is 5.75 Å². The molecule has 0 unspecified atom stereocenters. The summed E-state index contributed by atoms with van der Waals surface area (Å²) < 4.78 is 34.3. The zero-order chi connectivity index (χ0) is 17.0. The minimum Gasteiger partial charge on any atom is -0.494 e. The Morgan fingerprint density at radius 3 is 2.39 bits per heavy atom. The number of benzene rings is 1. The molecule has 0 fully saturated rings. The average Bonchev–Trinajstić information content (AvgIpc) is 2.74. The number of ether oxygens (including phenoxy) is 1. The van der Waals surface area contributed by atoms with Crippen molar-refractivity contribution in [3.63, 3.8) is 0 Å². The van der Waals surface area contributed by atoms with Gasteiger partial charge in [-0.15, -0.1) is 0 Å². The Morgan fingerprint density at radius 1 is 1.22 bits per heavy atom. The first kappa shape index (κ1) is 17.5. The summed E-state index contributed by atoms with van der Waals surface area (Å²) in [6.45, 7) is 6.69. The number of aromatic nitrogens is 2. The molecule has 1 heterocycles. The lowest BCUT2D eigenvalue weighted by molar-refractivity contribution is 0.340. The van der Waals surface area contributed by atoms with Crippen molar-refractivity contribution in [1.29, 1.82) is 0 Å². The third-order valence-corrected chi connectivity index (χ3v) is 5.25. The highest BCUT2D eigenvalue weighted by Crippen LogP contribution is 2.16. The monoisotopic (exact) mass is 337 g/mol. The van der Waals surface area contributed by atoms with Crippen LogP contribution in [0.15, 0.2) is 29.2 Å². The van der Waals surface area contributed by atoms with E-state index < -0.39 is 10.0 Å². The molecule has 7 heteroatoms. The van der Waals surface area contributed by atoms with E-state index in [0.29, 0.717) is 25.3 Å². The van der Waals surface area contributed by atoms with E-state index in [1.165, 1.54) is 0 Å².